The van der Waals surface area contributed by atoms with E-state index in [0.29, 0.717) is 0 Å². The third-order valence-electron chi connectivity index (χ3n) is 2.02. The average molecular weight is 471 g/mol. The van der Waals surface area contributed by atoms with Crippen molar-refractivity contribution >= 4 is 0 Å². The first-order valence-corrected chi connectivity index (χ1v) is 6.04. The maximum absolute atomic E-state index is 3.07. The van der Waals surface area contributed by atoms with Crippen molar-refractivity contribution in [2.45, 2.75) is 12.8 Å². The Morgan fingerprint density at radius 1 is 0.684 bits per heavy atom. The molecule has 93 valence electrons. The first kappa shape index (κ1) is 18.0. The van der Waals surface area contributed by atoms with Gasteiger partial charge in [-0.25, -0.2) is 12.2 Å². The molecule has 0 saturated carbocycles. The molecule has 0 nitrogen and oxygen atoms in total. The molecule has 0 aliphatic heterocycles. The van der Waals surface area contributed by atoms with Gasteiger partial charge in [0.05, 0.1) is 0 Å². The van der Waals surface area contributed by atoms with Gasteiger partial charge in [-0.15, -0.1) is 6.42 Å². The van der Waals surface area contributed by atoms with E-state index in [0.717, 1.165) is 6.42 Å². The summed E-state index contributed by atoms with van der Waals surface area (Å²) in [5.41, 5.74) is 0. The van der Waals surface area contributed by atoms with E-state index in [1.54, 1.807) is 0 Å². The molecule has 2 aromatic rings. The average Bonchev–Trinajstić information content (AvgIpc) is 2.54. The second-order valence-electron chi connectivity index (χ2n) is 3.49. The zero-order valence-corrected chi connectivity index (χ0v) is 15.1. The first-order valence-electron chi connectivity index (χ1n) is 6.04. The fraction of sp³-hybridized carbons (Fsp3) is 0.111. The summed E-state index contributed by atoms with van der Waals surface area (Å²) in [6.45, 7) is 0. The molecule has 0 aromatic heterocycles. The monoisotopic (exact) mass is 471 g/mol. The van der Waals surface area contributed by atoms with Crippen LogP contribution in [0.1, 0.15) is 12.8 Å². The summed E-state index contributed by atoms with van der Waals surface area (Å²) in [5.74, 6) is 0. The summed E-state index contributed by atoms with van der Waals surface area (Å²) < 4.78 is 0. The van der Waals surface area contributed by atoms with Gasteiger partial charge in [-0.05, 0) is 0 Å². The molecule has 1 heteroatoms. The molecular formula is C18H17U. The Kier molecular flexibility index (Phi) is 14.2. The van der Waals surface area contributed by atoms with Crippen LogP contribution in [0.25, 0.3) is 0 Å². The number of hydrogen-bond acceptors (Lipinski definition) is 0. The Bertz CT molecular complexity index is 321. The van der Waals surface area contributed by atoms with Crippen molar-refractivity contribution < 1.29 is 31.1 Å². The smallest absolute Gasteiger partial charge is 0.275 e. The van der Waals surface area contributed by atoms with Crippen molar-refractivity contribution in [3.63, 3.8) is 0 Å². The second kappa shape index (κ2) is 15.0. The van der Waals surface area contributed by atoms with Gasteiger partial charge < -0.3 is 0 Å². The minimum absolute atomic E-state index is 0. The third-order valence-corrected chi connectivity index (χ3v) is 2.02. The first-order chi connectivity index (χ1) is 9.00. The van der Waals surface area contributed by atoms with E-state index in [2.05, 4.69) is 24.3 Å². The van der Waals surface area contributed by atoms with Crippen LogP contribution in [-0.4, -0.2) is 0 Å². The number of allylic oxidation sites excluding steroid dienone is 4. The van der Waals surface area contributed by atoms with E-state index in [-0.39, 0.29) is 31.1 Å². The predicted molar refractivity (Wildman–Crippen MR) is 76.7 cm³/mol. The van der Waals surface area contributed by atoms with E-state index in [1.807, 2.05) is 72.8 Å². The Morgan fingerprint density at radius 2 is 1.21 bits per heavy atom. The SMILES string of the molecule is [C-]1=CC=CCC1.[U+3].[c-]1ccccc1.[c-]1ccccc1. The predicted octanol–water partition coefficient (Wildman–Crippen LogP) is 4.67. The molecule has 0 fully saturated rings. The molecule has 0 amide bonds. The third kappa shape index (κ3) is 13.2. The maximum atomic E-state index is 3.07. The largest absolute Gasteiger partial charge is 3.00 e. The van der Waals surface area contributed by atoms with Gasteiger partial charge in [0.1, 0.15) is 0 Å². The van der Waals surface area contributed by atoms with Crippen LogP contribution in [0.3, 0.4) is 0 Å². The summed E-state index contributed by atoms with van der Waals surface area (Å²) in [5, 5.41) is 0. The Balaban J connectivity index is 0.000000249. The van der Waals surface area contributed by atoms with Crippen LogP contribution in [-0.2, 0) is 0 Å². The summed E-state index contributed by atoms with van der Waals surface area (Å²) in [4.78, 5) is 0. The van der Waals surface area contributed by atoms with Crippen LogP contribution < -0.4 is 0 Å². The van der Waals surface area contributed by atoms with Gasteiger partial charge in [0.15, 0.2) is 0 Å². The fourth-order valence-electron chi connectivity index (χ4n) is 1.17. The molecule has 1 aliphatic rings. The van der Waals surface area contributed by atoms with Crippen LogP contribution >= 0.6 is 0 Å². The van der Waals surface area contributed by atoms with Crippen molar-refractivity contribution in [3.8, 4) is 0 Å². The number of hydrogen-bond donors (Lipinski definition) is 0. The summed E-state index contributed by atoms with van der Waals surface area (Å²) in [6.07, 6.45) is 11.5. The van der Waals surface area contributed by atoms with Crippen molar-refractivity contribution in [3.05, 3.63) is 97.1 Å². The van der Waals surface area contributed by atoms with Gasteiger partial charge in [-0.2, -0.15) is 78.9 Å². The molecule has 1 radical (unpaired) electrons. The molecule has 0 heterocycles. The van der Waals surface area contributed by atoms with E-state index in [1.165, 1.54) is 6.42 Å². The minimum atomic E-state index is 0. The molecule has 0 unspecified atom stereocenters. The molecular weight excluding hydrogens is 454 g/mol. The van der Waals surface area contributed by atoms with Gasteiger partial charge in [-0.3, -0.25) is 6.08 Å². The van der Waals surface area contributed by atoms with E-state index < -0.39 is 0 Å². The van der Waals surface area contributed by atoms with Crippen molar-refractivity contribution in [2.24, 2.45) is 0 Å². The van der Waals surface area contributed by atoms with Gasteiger partial charge >= 0.3 is 31.1 Å². The molecule has 2 aromatic carbocycles. The summed E-state index contributed by atoms with van der Waals surface area (Å²) in [7, 11) is 0. The Morgan fingerprint density at radius 3 is 1.32 bits per heavy atom. The van der Waals surface area contributed by atoms with Gasteiger partial charge in [0.25, 0.3) is 0 Å². The summed E-state index contributed by atoms with van der Waals surface area (Å²) >= 11 is 0. The quantitative estimate of drug-likeness (QED) is 0.490. The van der Waals surface area contributed by atoms with E-state index in [9.17, 15) is 0 Å². The van der Waals surface area contributed by atoms with Gasteiger partial charge in [0.2, 0.25) is 0 Å². The van der Waals surface area contributed by atoms with Crippen LogP contribution in [0.5, 0.6) is 0 Å². The molecule has 0 atom stereocenters. The van der Waals surface area contributed by atoms with Gasteiger partial charge in [0, 0.05) is 0 Å². The zero-order chi connectivity index (χ0) is 12.7. The van der Waals surface area contributed by atoms with Crippen molar-refractivity contribution in [1.82, 2.24) is 0 Å². The van der Waals surface area contributed by atoms with Crippen LogP contribution in [0.15, 0.2) is 78.9 Å². The molecule has 0 saturated heterocycles. The van der Waals surface area contributed by atoms with Crippen LogP contribution in [0, 0.1) is 49.3 Å². The molecule has 1 aliphatic carbocycles. The molecule has 0 N–H and O–H groups in total. The molecule has 0 bridgehead atoms. The van der Waals surface area contributed by atoms with Gasteiger partial charge in [-0.1, -0.05) is 6.42 Å². The molecule has 19 heavy (non-hydrogen) atoms. The van der Waals surface area contributed by atoms with Crippen LogP contribution in [0.2, 0.25) is 0 Å². The number of benzene rings is 2. The van der Waals surface area contributed by atoms with Crippen LogP contribution in [0.4, 0.5) is 0 Å². The topological polar surface area (TPSA) is 0 Å². The van der Waals surface area contributed by atoms with Crippen molar-refractivity contribution in [2.75, 3.05) is 0 Å². The second-order valence-corrected chi connectivity index (χ2v) is 3.49. The van der Waals surface area contributed by atoms with E-state index in [4.69, 9.17) is 0 Å². The Hall–Kier alpha value is -1.03. The van der Waals surface area contributed by atoms with Crippen molar-refractivity contribution in [1.29, 1.82) is 0 Å². The standard InChI is InChI=1S/C6H7.2C6H5.U/c3*1-2-4-6-5-3-1;/h1-3H,4,6H2;2*1-5H;/q3*-1;+3. The fourth-order valence-corrected chi connectivity index (χ4v) is 1.17. The number of rotatable bonds is 0. The normalized spacial score (nSPS) is 10.9. The Labute approximate surface area is 140 Å². The summed E-state index contributed by atoms with van der Waals surface area (Å²) in [6, 6.07) is 25.0. The minimum Gasteiger partial charge on any atom is -0.275 e. The molecule has 3 rings (SSSR count). The maximum Gasteiger partial charge on any atom is 3.00 e. The zero-order valence-electron chi connectivity index (χ0n) is 10.9. The molecule has 0 spiro atoms. The van der Waals surface area contributed by atoms with E-state index >= 15 is 0 Å².